The van der Waals surface area contributed by atoms with Crippen LogP contribution in [0.15, 0.2) is 66.7 Å². The molecule has 1 aliphatic rings. The Bertz CT molecular complexity index is 944. The first kappa shape index (κ1) is 21.5. The second kappa shape index (κ2) is 8.66. The summed E-state index contributed by atoms with van der Waals surface area (Å²) in [4.78, 5) is 40.5. The lowest BCUT2D eigenvalue weighted by atomic mass is 9.82. The number of hydrogen-bond donors (Lipinski definition) is 0. The maximum absolute atomic E-state index is 13.4. The number of nitrogens with zero attached hydrogens (tertiary/aromatic N) is 1. The van der Waals surface area contributed by atoms with Gasteiger partial charge in [0.05, 0.1) is 13.0 Å². The molecule has 2 amide bonds. The van der Waals surface area contributed by atoms with Gasteiger partial charge in [-0.1, -0.05) is 72.8 Å². The molecular weight excluding hydrogens is 378 g/mol. The predicted molar refractivity (Wildman–Crippen MR) is 115 cm³/mol. The Labute approximate surface area is 177 Å². The summed E-state index contributed by atoms with van der Waals surface area (Å²) in [6, 6.07) is 18.9. The monoisotopic (exact) mass is 405 g/mol. The molecule has 5 heteroatoms. The van der Waals surface area contributed by atoms with Gasteiger partial charge in [-0.15, -0.1) is 0 Å². The highest BCUT2D eigenvalue weighted by Crippen LogP contribution is 2.40. The Morgan fingerprint density at radius 1 is 1.03 bits per heavy atom. The van der Waals surface area contributed by atoms with Crippen LogP contribution >= 0.6 is 0 Å². The fourth-order valence-corrected chi connectivity index (χ4v) is 3.47. The zero-order valence-electron chi connectivity index (χ0n) is 17.6. The van der Waals surface area contributed by atoms with E-state index in [2.05, 4.69) is 0 Å². The third kappa shape index (κ3) is 4.85. The quantitative estimate of drug-likeness (QED) is 0.407. The number of hydrogen-bond acceptors (Lipinski definition) is 4. The van der Waals surface area contributed by atoms with Gasteiger partial charge in [-0.05, 0) is 38.3 Å². The van der Waals surface area contributed by atoms with E-state index in [1.165, 1.54) is 4.90 Å². The first-order valence-corrected chi connectivity index (χ1v) is 10.0. The average molecular weight is 405 g/mol. The largest absolute Gasteiger partial charge is 0.459 e. The Morgan fingerprint density at radius 2 is 1.63 bits per heavy atom. The molecule has 1 saturated heterocycles. The van der Waals surface area contributed by atoms with E-state index in [-0.39, 0.29) is 25.3 Å². The number of benzene rings is 2. The Balaban J connectivity index is 1.89. The standard InChI is InChI=1S/C25H27NO4/c1-24(2,3)30-23(29)25(16-10-15-19-11-6-4-7-12-19)17-21(27)26(22(25)28)18-20-13-8-5-9-14-20/h4-15H,16-18H2,1-3H3/b15-10+/t25-/m1/s1. The molecule has 1 atom stereocenters. The van der Waals surface area contributed by atoms with Gasteiger partial charge in [0.15, 0.2) is 5.41 Å². The van der Waals surface area contributed by atoms with Crippen molar-refractivity contribution in [3.8, 4) is 0 Å². The van der Waals surface area contributed by atoms with E-state index >= 15 is 0 Å². The summed E-state index contributed by atoms with van der Waals surface area (Å²) in [6.45, 7) is 5.40. The van der Waals surface area contributed by atoms with Gasteiger partial charge in [0.1, 0.15) is 5.60 Å². The molecule has 1 fully saturated rings. The molecule has 3 rings (SSSR count). The molecule has 1 aliphatic heterocycles. The minimum atomic E-state index is -1.54. The van der Waals surface area contributed by atoms with Crippen molar-refractivity contribution in [1.29, 1.82) is 0 Å². The fourth-order valence-electron chi connectivity index (χ4n) is 3.47. The van der Waals surface area contributed by atoms with Crippen LogP contribution in [0.4, 0.5) is 0 Å². The first-order chi connectivity index (χ1) is 14.2. The molecule has 156 valence electrons. The van der Waals surface area contributed by atoms with Crippen molar-refractivity contribution in [3.05, 3.63) is 77.9 Å². The van der Waals surface area contributed by atoms with Crippen LogP contribution in [0.1, 0.15) is 44.7 Å². The number of rotatable bonds is 6. The number of amides is 2. The summed E-state index contributed by atoms with van der Waals surface area (Å²) in [5.74, 6) is -1.51. The predicted octanol–water partition coefficient (Wildman–Crippen LogP) is 4.38. The molecule has 1 heterocycles. The minimum Gasteiger partial charge on any atom is -0.459 e. The lowest BCUT2D eigenvalue weighted by Gasteiger charge is -2.28. The SMILES string of the molecule is CC(C)(C)OC(=O)[C@]1(C/C=C/c2ccccc2)CC(=O)N(Cc2ccccc2)C1=O. The molecule has 0 unspecified atom stereocenters. The van der Waals surface area contributed by atoms with Gasteiger partial charge in [-0.25, -0.2) is 0 Å². The van der Waals surface area contributed by atoms with Crippen LogP contribution in [0.5, 0.6) is 0 Å². The smallest absolute Gasteiger partial charge is 0.323 e. The van der Waals surface area contributed by atoms with E-state index in [9.17, 15) is 14.4 Å². The maximum Gasteiger partial charge on any atom is 0.323 e. The maximum atomic E-state index is 13.4. The summed E-state index contributed by atoms with van der Waals surface area (Å²) < 4.78 is 5.57. The van der Waals surface area contributed by atoms with Gasteiger partial charge < -0.3 is 4.74 Å². The van der Waals surface area contributed by atoms with Crippen LogP contribution in [-0.2, 0) is 25.7 Å². The molecule has 5 nitrogen and oxygen atoms in total. The van der Waals surface area contributed by atoms with Crippen LogP contribution in [-0.4, -0.2) is 28.3 Å². The Kier molecular flexibility index (Phi) is 6.20. The zero-order valence-corrected chi connectivity index (χ0v) is 17.6. The summed E-state index contributed by atoms with van der Waals surface area (Å²) in [7, 11) is 0. The van der Waals surface area contributed by atoms with Gasteiger partial charge >= 0.3 is 5.97 Å². The number of allylic oxidation sites excluding steroid dienone is 1. The van der Waals surface area contributed by atoms with E-state index in [0.29, 0.717) is 0 Å². The number of carbonyl (C=O) groups is 3. The van der Waals surface area contributed by atoms with Crippen molar-refractivity contribution in [2.75, 3.05) is 0 Å². The van der Waals surface area contributed by atoms with Gasteiger partial charge in [0.2, 0.25) is 11.8 Å². The minimum absolute atomic E-state index is 0.104. The molecule has 0 aliphatic carbocycles. The molecule has 0 radical (unpaired) electrons. The summed E-state index contributed by atoms with van der Waals surface area (Å²) in [6.07, 6.45) is 3.54. The van der Waals surface area contributed by atoms with Crippen LogP contribution in [0.25, 0.3) is 6.08 Å². The Hall–Kier alpha value is -3.21. The lowest BCUT2D eigenvalue weighted by molar-refractivity contribution is -0.170. The van der Waals surface area contributed by atoms with E-state index < -0.39 is 22.9 Å². The summed E-state index contributed by atoms with van der Waals surface area (Å²) >= 11 is 0. The van der Waals surface area contributed by atoms with Crippen molar-refractivity contribution >= 4 is 23.9 Å². The first-order valence-electron chi connectivity index (χ1n) is 10.0. The van der Waals surface area contributed by atoms with Crippen molar-refractivity contribution in [2.24, 2.45) is 5.41 Å². The normalized spacial score (nSPS) is 19.5. The molecule has 30 heavy (non-hydrogen) atoms. The van der Waals surface area contributed by atoms with Gasteiger partial charge in [-0.2, -0.15) is 0 Å². The van der Waals surface area contributed by atoms with E-state index in [4.69, 9.17) is 4.74 Å². The highest BCUT2D eigenvalue weighted by molar-refractivity contribution is 6.16. The van der Waals surface area contributed by atoms with E-state index in [1.807, 2.05) is 66.7 Å². The number of carbonyl (C=O) groups excluding carboxylic acids is 3. The number of imide groups is 1. The van der Waals surface area contributed by atoms with Crippen molar-refractivity contribution in [3.63, 3.8) is 0 Å². The van der Waals surface area contributed by atoms with Crippen molar-refractivity contribution in [1.82, 2.24) is 4.90 Å². The van der Waals surface area contributed by atoms with Gasteiger partial charge in [-0.3, -0.25) is 19.3 Å². The average Bonchev–Trinajstić information content (AvgIpc) is 2.94. The van der Waals surface area contributed by atoms with Crippen molar-refractivity contribution in [2.45, 2.75) is 45.8 Å². The third-order valence-corrected chi connectivity index (χ3v) is 4.96. The second-order valence-electron chi connectivity index (χ2n) is 8.55. The second-order valence-corrected chi connectivity index (χ2v) is 8.55. The van der Waals surface area contributed by atoms with Gasteiger partial charge in [0.25, 0.3) is 0 Å². The van der Waals surface area contributed by atoms with Gasteiger partial charge in [0, 0.05) is 0 Å². The molecule has 0 aromatic heterocycles. The fraction of sp³-hybridized carbons (Fsp3) is 0.320. The molecule has 2 aromatic carbocycles. The highest BCUT2D eigenvalue weighted by Gasteiger charge is 2.57. The molecule has 0 spiro atoms. The summed E-state index contributed by atoms with van der Waals surface area (Å²) in [5, 5.41) is 0. The molecule has 2 aromatic rings. The number of esters is 1. The lowest BCUT2D eigenvalue weighted by Crippen LogP contribution is -2.43. The molecule has 0 bridgehead atoms. The van der Waals surface area contributed by atoms with Crippen molar-refractivity contribution < 1.29 is 19.1 Å². The van der Waals surface area contributed by atoms with Crippen LogP contribution < -0.4 is 0 Å². The van der Waals surface area contributed by atoms with Crippen LogP contribution in [0.2, 0.25) is 0 Å². The third-order valence-electron chi connectivity index (χ3n) is 4.96. The summed E-state index contributed by atoms with van der Waals surface area (Å²) in [5.41, 5.74) is -0.512. The number of ether oxygens (including phenoxy) is 1. The topological polar surface area (TPSA) is 63.7 Å². The molecule has 0 N–H and O–H groups in total. The van der Waals surface area contributed by atoms with E-state index in [0.717, 1.165) is 11.1 Å². The van der Waals surface area contributed by atoms with Crippen LogP contribution in [0, 0.1) is 5.41 Å². The molecular formula is C25H27NO4. The number of likely N-dealkylation sites (tertiary alicyclic amines) is 1. The molecule has 0 saturated carbocycles. The Morgan fingerprint density at radius 3 is 2.23 bits per heavy atom. The van der Waals surface area contributed by atoms with Crippen LogP contribution in [0.3, 0.4) is 0 Å². The van der Waals surface area contributed by atoms with E-state index in [1.54, 1.807) is 26.8 Å². The zero-order chi connectivity index (χ0) is 21.8. The highest BCUT2D eigenvalue weighted by atomic mass is 16.6.